The fraction of sp³-hybridized carbons (Fsp3) is 1.00. The molecule has 0 aromatic carbocycles. The highest BCUT2D eigenvalue weighted by Crippen LogP contribution is 2.00. The average molecular weight is 116 g/mol. The standard InChI is InChI=1S/C6H14NO/c1-4-6(2)5-7(3)8/h6H,4-5H2,1-3H3/q-1/t6-/m0/s1. The minimum atomic E-state index is 0.539. The maximum atomic E-state index is 10.3. The van der Waals surface area contributed by atoms with Crippen LogP contribution in [0, 0.1) is 11.1 Å². The molecule has 0 fully saturated rings. The summed E-state index contributed by atoms with van der Waals surface area (Å²) in [6.45, 7) is 4.83. The fourth-order valence-corrected chi connectivity index (χ4v) is 0.568. The van der Waals surface area contributed by atoms with E-state index in [1.165, 1.54) is 0 Å². The van der Waals surface area contributed by atoms with Crippen molar-refractivity contribution >= 4 is 0 Å². The van der Waals surface area contributed by atoms with E-state index in [-0.39, 0.29) is 0 Å². The molecular formula is C6H14NO-. The molecule has 0 bridgehead atoms. The lowest BCUT2D eigenvalue weighted by Gasteiger charge is -2.24. The monoisotopic (exact) mass is 116 g/mol. The summed E-state index contributed by atoms with van der Waals surface area (Å²) in [5.74, 6) is 0.539. The summed E-state index contributed by atoms with van der Waals surface area (Å²) < 4.78 is 0. The van der Waals surface area contributed by atoms with Gasteiger partial charge in [-0.15, -0.1) is 0 Å². The molecule has 50 valence electrons. The van der Waals surface area contributed by atoms with Crippen LogP contribution in [0.15, 0.2) is 0 Å². The predicted octanol–water partition coefficient (Wildman–Crippen LogP) is 1.46. The first-order valence-electron chi connectivity index (χ1n) is 3.05. The lowest BCUT2D eigenvalue weighted by atomic mass is 10.1. The Labute approximate surface area is 51.1 Å². The summed E-state index contributed by atoms with van der Waals surface area (Å²) in [6, 6.07) is 0. The highest BCUT2D eigenvalue weighted by atomic mass is 16.5. The quantitative estimate of drug-likeness (QED) is 0.522. The van der Waals surface area contributed by atoms with Gasteiger partial charge in [-0.2, -0.15) is 0 Å². The zero-order valence-corrected chi connectivity index (χ0v) is 5.85. The molecule has 0 aliphatic heterocycles. The van der Waals surface area contributed by atoms with E-state index >= 15 is 0 Å². The maximum absolute atomic E-state index is 10.3. The van der Waals surface area contributed by atoms with E-state index in [0.29, 0.717) is 12.5 Å². The lowest BCUT2D eigenvalue weighted by Crippen LogP contribution is -2.17. The SMILES string of the molecule is CC[C@H](C)CN(C)[O-]. The van der Waals surface area contributed by atoms with Gasteiger partial charge in [-0.1, -0.05) is 20.3 Å². The normalized spacial score (nSPS) is 14.6. The first-order chi connectivity index (χ1) is 3.66. The molecule has 2 nitrogen and oxygen atoms in total. The van der Waals surface area contributed by atoms with Crippen molar-refractivity contribution in [2.45, 2.75) is 20.3 Å². The van der Waals surface area contributed by atoms with Crippen LogP contribution in [0.5, 0.6) is 0 Å². The molecule has 2 heteroatoms. The Morgan fingerprint density at radius 3 is 2.25 bits per heavy atom. The highest BCUT2D eigenvalue weighted by molar-refractivity contribution is 4.55. The van der Waals surface area contributed by atoms with E-state index in [1.807, 2.05) is 0 Å². The number of hydrogen-bond donors (Lipinski definition) is 0. The lowest BCUT2D eigenvalue weighted by molar-refractivity contribution is 0.367. The molecule has 0 aromatic rings. The van der Waals surface area contributed by atoms with Crippen LogP contribution in [0.1, 0.15) is 20.3 Å². The Kier molecular flexibility index (Phi) is 3.83. The molecule has 0 rings (SSSR count). The van der Waals surface area contributed by atoms with Crippen LogP contribution < -0.4 is 0 Å². The third kappa shape index (κ3) is 4.09. The molecule has 8 heavy (non-hydrogen) atoms. The second-order valence-electron chi connectivity index (χ2n) is 2.32. The minimum Gasteiger partial charge on any atom is -0.785 e. The zero-order valence-electron chi connectivity index (χ0n) is 5.85. The molecule has 0 saturated heterocycles. The molecule has 0 aromatic heterocycles. The Bertz CT molecular complexity index is 54.5. The molecular weight excluding hydrogens is 102 g/mol. The van der Waals surface area contributed by atoms with Gasteiger partial charge >= 0.3 is 0 Å². The van der Waals surface area contributed by atoms with Crippen molar-refractivity contribution in [1.82, 2.24) is 5.06 Å². The van der Waals surface area contributed by atoms with Gasteiger partial charge in [0.1, 0.15) is 0 Å². The van der Waals surface area contributed by atoms with Gasteiger partial charge in [-0.05, 0) is 19.5 Å². The molecule has 0 unspecified atom stereocenters. The summed E-state index contributed by atoms with van der Waals surface area (Å²) in [6.07, 6.45) is 1.09. The van der Waals surface area contributed by atoms with E-state index in [4.69, 9.17) is 0 Å². The van der Waals surface area contributed by atoms with Crippen molar-refractivity contribution in [3.63, 3.8) is 0 Å². The fourth-order valence-electron chi connectivity index (χ4n) is 0.568. The van der Waals surface area contributed by atoms with Gasteiger partial charge in [0, 0.05) is 0 Å². The second kappa shape index (κ2) is 3.87. The highest BCUT2D eigenvalue weighted by Gasteiger charge is 1.94. The van der Waals surface area contributed by atoms with E-state index < -0.39 is 0 Å². The summed E-state index contributed by atoms with van der Waals surface area (Å²) in [5, 5.41) is 11.3. The Hall–Kier alpha value is -0.0800. The molecule has 0 saturated carbocycles. The maximum Gasteiger partial charge on any atom is -0.0120 e. The Morgan fingerprint density at radius 2 is 2.12 bits per heavy atom. The molecule has 0 heterocycles. The van der Waals surface area contributed by atoms with Crippen molar-refractivity contribution in [2.24, 2.45) is 5.92 Å². The van der Waals surface area contributed by atoms with E-state index in [9.17, 15) is 5.21 Å². The second-order valence-corrected chi connectivity index (χ2v) is 2.32. The van der Waals surface area contributed by atoms with Crippen LogP contribution in [0.4, 0.5) is 0 Å². The largest absolute Gasteiger partial charge is 0.785 e. The van der Waals surface area contributed by atoms with Gasteiger partial charge < -0.3 is 10.3 Å². The van der Waals surface area contributed by atoms with E-state index in [1.54, 1.807) is 7.05 Å². The van der Waals surface area contributed by atoms with Gasteiger partial charge in [-0.3, -0.25) is 0 Å². The van der Waals surface area contributed by atoms with Crippen molar-refractivity contribution in [3.8, 4) is 0 Å². The van der Waals surface area contributed by atoms with Crippen LogP contribution >= 0.6 is 0 Å². The van der Waals surface area contributed by atoms with Gasteiger partial charge in [0.2, 0.25) is 0 Å². The zero-order chi connectivity index (χ0) is 6.57. The third-order valence-corrected chi connectivity index (χ3v) is 1.27. The molecule has 0 amide bonds. The summed E-state index contributed by atoms with van der Waals surface area (Å²) in [4.78, 5) is 0. The van der Waals surface area contributed by atoms with Gasteiger partial charge in [0.25, 0.3) is 0 Å². The molecule has 0 aliphatic carbocycles. The first-order valence-corrected chi connectivity index (χ1v) is 3.05. The third-order valence-electron chi connectivity index (χ3n) is 1.27. The molecule has 0 spiro atoms. The van der Waals surface area contributed by atoms with Crippen molar-refractivity contribution in [2.75, 3.05) is 13.6 Å². The predicted molar refractivity (Wildman–Crippen MR) is 35.5 cm³/mol. The van der Waals surface area contributed by atoms with Crippen LogP contribution in [0.3, 0.4) is 0 Å². The topological polar surface area (TPSA) is 26.3 Å². The first kappa shape index (κ1) is 7.92. The minimum absolute atomic E-state index is 0.539. The summed E-state index contributed by atoms with van der Waals surface area (Å²) in [7, 11) is 1.56. The van der Waals surface area contributed by atoms with Crippen LogP contribution in [-0.4, -0.2) is 18.7 Å². The van der Waals surface area contributed by atoms with E-state index in [2.05, 4.69) is 13.8 Å². The Morgan fingerprint density at radius 1 is 1.62 bits per heavy atom. The van der Waals surface area contributed by atoms with Crippen LogP contribution in [0.25, 0.3) is 0 Å². The summed E-state index contributed by atoms with van der Waals surface area (Å²) >= 11 is 0. The van der Waals surface area contributed by atoms with Crippen LogP contribution in [0.2, 0.25) is 0 Å². The van der Waals surface area contributed by atoms with E-state index in [0.717, 1.165) is 11.5 Å². The molecule has 0 radical (unpaired) electrons. The summed E-state index contributed by atoms with van der Waals surface area (Å²) in [5.41, 5.74) is 0. The number of hydrogen-bond acceptors (Lipinski definition) is 2. The molecule has 1 atom stereocenters. The Balaban J connectivity index is 3.10. The van der Waals surface area contributed by atoms with Crippen molar-refractivity contribution in [3.05, 3.63) is 5.21 Å². The van der Waals surface area contributed by atoms with Gasteiger partial charge in [0.05, 0.1) is 0 Å². The van der Waals surface area contributed by atoms with Crippen molar-refractivity contribution < 1.29 is 0 Å². The number of nitrogens with zero attached hydrogens (tertiary/aromatic N) is 1. The van der Waals surface area contributed by atoms with Gasteiger partial charge in [0.15, 0.2) is 0 Å². The molecule has 0 aliphatic rings. The number of hydroxylamine groups is 2. The smallest absolute Gasteiger partial charge is 0.0120 e. The number of rotatable bonds is 3. The van der Waals surface area contributed by atoms with Gasteiger partial charge in [-0.25, -0.2) is 0 Å². The average Bonchev–Trinajstić information content (AvgIpc) is 1.65. The molecule has 0 N–H and O–H groups in total. The van der Waals surface area contributed by atoms with Crippen LogP contribution in [-0.2, 0) is 0 Å². The van der Waals surface area contributed by atoms with Crippen molar-refractivity contribution in [1.29, 1.82) is 0 Å².